The number of allylic oxidation sites excluding steroid dienone is 1. The maximum atomic E-state index is 14.2. The Hall–Kier alpha value is -6.57. The number of carboxylic acid groups (broad SMARTS) is 2. The van der Waals surface area contributed by atoms with Crippen LogP contribution in [0.15, 0.2) is 11.8 Å². The van der Waals surface area contributed by atoms with Crippen LogP contribution in [0.1, 0.15) is 149 Å². The van der Waals surface area contributed by atoms with E-state index in [1.807, 2.05) is 10.6 Å². The lowest BCUT2D eigenvalue weighted by Gasteiger charge is -2.28. The molecular weight excluding hydrogens is 1130 g/mol. The van der Waals surface area contributed by atoms with Gasteiger partial charge >= 0.3 is 17.9 Å². The summed E-state index contributed by atoms with van der Waals surface area (Å²) in [5.74, 6) is -17.2. The normalized spacial score (nSPS) is 24.0. The van der Waals surface area contributed by atoms with Gasteiger partial charge in [-0.3, -0.25) is 47.9 Å². The summed E-state index contributed by atoms with van der Waals surface area (Å²) in [6, 6.07) is -15.5. The van der Waals surface area contributed by atoms with Gasteiger partial charge in [0.05, 0.1) is 24.5 Å². The fourth-order valence-corrected chi connectivity index (χ4v) is 8.72. The van der Waals surface area contributed by atoms with Crippen LogP contribution in [0.3, 0.4) is 0 Å². The van der Waals surface area contributed by atoms with Gasteiger partial charge in [-0.2, -0.15) is 0 Å². The molecule has 11 atom stereocenters. The standard InChI is InChI=1S/C53H91ClN12O18/c1-4-6-7-8-9-10-11-12-13-14-15-16-17-21-38(69)58-36-29-84-53(83)41(37(68)28-54)65-51(80)42(43(72)52(81)82)66-44(73)31(5-2)59-50(79)40(30(3)67)64-47(76)34(23-26-57)61-45(74)32(20-18-19-24-55)60-48(77)35(27-39(70)71)63-46(75)33(22-25-56)62-49(36)78/h5,30,32-37,40-43,67-68,72H,4,6-29,55-57H2,1-3H3,(H,58,69)(H,59,79)(H,60,77)(H,61,74)(H,62,78)(H,63,75)(H,64,76)(H,65,80)(H,66,73)(H,70,71)(H,81,82)/b31-5+/t30-,32-,33+,34-,35-,36-,37+,40-,41-,42-,43-/m0/s1. The number of unbranched alkanes of at least 4 members (excludes halogenated alkanes) is 13. The highest BCUT2D eigenvalue weighted by Gasteiger charge is 2.41. The summed E-state index contributed by atoms with van der Waals surface area (Å²) in [7, 11) is 0. The number of nitrogens with one attached hydrogen (secondary N) is 9. The number of hydrogen-bond acceptors (Lipinski definition) is 19. The van der Waals surface area contributed by atoms with E-state index >= 15 is 0 Å². The maximum Gasteiger partial charge on any atom is 0.335 e. The molecule has 1 aliphatic heterocycles. The summed E-state index contributed by atoms with van der Waals surface area (Å²) >= 11 is 5.87. The highest BCUT2D eigenvalue weighted by atomic mass is 35.5. The number of rotatable bonds is 30. The van der Waals surface area contributed by atoms with Crippen LogP contribution >= 0.6 is 11.6 Å². The van der Waals surface area contributed by atoms with Crippen LogP contribution in [0.5, 0.6) is 0 Å². The Kier molecular flexibility index (Phi) is 38.0. The van der Waals surface area contributed by atoms with Gasteiger partial charge in [-0.05, 0) is 72.0 Å². The number of carbonyl (C=O) groups excluding carboxylic acids is 10. The van der Waals surface area contributed by atoms with Crippen LogP contribution in [-0.4, -0.2) is 195 Å². The summed E-state index contributed by atoms with van der Waals surface area (Å²) in [5.41, 5.74) is 16.5. The smallest absolute Gasteiger partial charge is 0.335 e. The molecule has 0 bridgehead atoms. The lowest BCUT2D eigenvalue weighted by atomic mass is 10.0. The molecule has 1 saturated heterocycles. The average Bonchev–Trinajstić information content (AvgIpc) is 3.64. The number of ether oxygens (including phenoxy) is 1. The van der Waals surface area contributed by atoms with Crippen molar-refractivity contribution in [1.29, 1.82) is 0 Å². The van der Waals surface area contributed by atoms with Gasteiger partial charge in [0.2, 0.25) is 47.3 Å². The number of nitrogens with two attached hydrogens (primary N) is 3. The number of alkyl halides is 1. The van der Waals surface area contributed by atoms with Crippen LogP contribution in [0, 0.1) is 0 Å². The van der Waals surface area contributed by atoms with E-state index in [-0.39, 0.29) is 45.3 Å². The molecule has 0 radical (unpaired) electrons. The number of halogens is 1. The molecule has 0 spiro atoms. The van der Waals surface area contributed by atoms with Gasteiger partial charge in [-0.15, -0.1) is 11.6 Å². The van der Waals surface area contributed by atoms with Crippen LogP contribution < -0.4 is 65.1 Å². The Morgan fingerprint density at radius 1 is 0.595 bits per heavy atom. The number of carboxylic acids is 2. The van der Waals surface area contributed by atoms with Crippen LogP contribution in [0.2, 0.25) is 0 Å². The lowest BCUT2D eigenvalue weighted by Crippen LogP contribution is -2.62. The summed E-state index contributed by atoms with van der Waals surface area (Å²) in [6.45, 7) is 2.83. The first kappa shape index (κ1) is 75.4. The van der Waals surface area contributed by atoms with Crippen molar-refractivity contribution < 1.29 is 87.8 Å². The van der Waals surface area contributed by atoms with Gasteiger partial charge in [0.1, 0.15) is 54.6 Å². The van der Waals surface area contributed by atoms with Gasteiger partial charge < -0.3 is 95.3 Å². The van der Waals surface area contributed by atoms with Crippen molar-refractivity contribution in [2.75, 3.05) is 32.1 Å². The van der Waals surface area contributed by atoms with Gasteiger partial charge in [0, 0.05) is 6.42 Å². The van der Waals surface area contributed by atoms with Crippen molar-refractivity contribution in [3.63, 3.8) is 0 Å². The van der Waals surface area contributed by atoms with E-state index in [0.717, 1.165) is 45.1 Å². The Morgan fingerprint density at radius 2 is 1.07 bits per heavy atom. The molecule has 1 heterocycles. The van der Waals surface area contributed by atoms with Crippen LogP contribution in [0.4, 0.5) is 0 Å². The minimum absolute atomic E-state index is 0.135. The molecule has 0 unspecified atom stereocenters. The van der Waals surface area contributed by atoms with E-state index in [2.05, 4.69) is 44.1 Å². The first-order valence-corrected chi connectivity index (χ1v) is 29.2. The molecule has 84 heavy (non-hydrogen) atoms. The molecule has 1 aliphatic rings. The molecule has 0 aromatic carbocycles. The minimum Gasteiger partial charge on any atom is -0.481 e. The third kappa shape index (κ3) is 28.8. The first-order valence-electron chi connectivity index (χ1n) is 28.6. The Bertz CT molecular complexity index is 2190. The lowest BCUT2D eigenvalue weighted by molar-refractivity contribution is -0.155. The first-order chi connectivity index (χ1) is 39.9. The zero-order valence-electron chi connectivity index (χ0n) is 48.3. The molecular formula is C53H91ClN12O18. The summed E-state index contributed by atoms with van der Waals surface area (Å²) in [6.07, 6.45) is 5.82. The number of hydrogen-bond donors (Lipinski definition) is 17. The predicted octanol–water partition coefficient (Wildman–Crippen LogP) is -3.35. The van der Waals surface area contributed by atoms with Crippen molar-refractivity contribution in [2.45, 2.75) is 216 Å². The third-order valence-electron chi connectivity index (χ3n) is 13.4. The quantitative estimate of drug-likeness (QED) is 0.0145. The van der Waals surface area contributed by atoms with Crippen molar-refractivity contribution in [3.8, 4) is 0 Å². The minimum atomic E-state index is -2.81. The highest BCUT2D eigenvalue weighted by molar-refractivity contribution is 6.18. The van der Waals surface area contributed by atoms with Crippen LogP contribution in [0.25, 0.3) is 0 Å². The molecule has 0 aliphatic carbocycles. The average molecular weight is 1220 g/mol. The van der Waals surface area contributed by atoms with Gasteiger partial charge in [0.15, 0.2) is 12.1 Å². The number of cyclic esters (lactones) is 1. The van der Waals surface area contributed by atoms with Crippen molar-refractivity contribution in [2.24, 2.45) is 17.2 Å². The highest BCUT2D eigenvalue weighted by Crippen LogP contribution is 2.14. The molecule has 1 fully saturated rings. The molecule has 478 valence electrons. The number of amides is 9. The molecule has 9 amide bonds. The summed E-state index contributed by atoms with van der Waals surface area (Å²) in [4.78, 5) is 163. The SMILES string of the molecule is C/C=C1/NC(=O)[C@H]([C@H](C)O)NC(=O)[C@H](CCN)NC(=O)[C@H](CCCCN)NC(=O)[C@H](CC(=O)O)NC(=O)[C@@H](CCN)NC(=O)[C@@H](NC(=O)CCCCCCCCCCCCCCC)COC(=O)[C@H]([C@H](O)CCl)NC(=O)[C@H]([C@H](O)C(=O)O)NC1=O. The fourth-order valence-electron chi connectivity index (χ4n) is 8.54. The Balaban J connectivity index is 3.90. The predicted molar refractivity (Wildman–Crippen MR) is 303 cm³/mol. The van der Waals surface area contributed by atoms with Crippen molar-refractivity contribution in [1.82, 2.24) is 47.9 Å². The molecule has 20 N–H and O–H groups in total. The van der Waals surface area contributed by atoms with E-state index in [4.69, 9.17) is 33.5 Å². The summed E-state index contributed by atoms with van der Waals surface area (Å²) < 4.78 is 5.32. The molecule has 0 saturated carbocycles. The number of esters is 1. The molecule has 0 aromatic heterocycles. The second-order valence-electron chi connectivity index (χ2n) is 20.4. The number of carbonyl (C=O) groups is 12. The number of aliphatic hydroxyl groups excluding tert-OH is 3. The molecule has 1 rings (SSSR count). The number of aliphatic hydroxyl groups is 3. The molecule has 0 aromatic rings. The van der Waals surface area contributed by atoms with Crippen LogP contribution in [-0.2, 0) is 62.3 Å². The Labute approximate surface area is 493 Å². The van der Waals surface area contributed by atoms with Gasteiger partial charge in [-0.1, -0.05) is 90.0 Å². The number of aliphatic carboxylic acids is 2. The molecule has 30 nitrogen and oxygen atoms in total. The zero-order chi connectivity index (χ0) is 63.3. The molecule has 31 heteroatoms. The monoisotopic (exact) mass is 1220 g/mol. The second-order valence-corrected chi connectivity index (χ2v) is 20.7. The van der Waals surface area contributed by atoms with E-state index in [1.165, 1.54) is 45.4 Å². The zero-order valence-corrected chi connectivity index (χ0v) is 49.0. The Morgan fingerprint density at radius 3 is 1.55 bits per heavy atom. The van der Waals surface area contributed by atoms with Gasteiger partial charge in [0.25, 0.3) is 5.91 Å². The van der Waals surface area contributed by atoms with Crippen molar-refractivity contribution >= 4 is 82.7 Å². The largest absolute Gasteiger partial charge is 0.481 e. The topological polar surface area (TPSA) is 502 Å². The van der Waals surface area contributed by atoms with Gasteiger partial charge in [-0.25, -0.2) is 9.59 Å². The second kappa shape index (κ2) is 42.3. The van der Waals surface area contributed by atoms with Crippen molar-refractivity contribution in [3.05, 3.63) is 11.8 Å². The van der Waals surface area contributed by atoms with E-state index in [0.29, 0.717) is 19.3 Å². The third-order valence-corrected chi connectivity index (χ3v) is 13.7. The summed E-state index contributed by atoms with van der Waals surface area (Å²) in [5, 5.41) is 71.7. The van der Waals surface area contributed by atoms with E-state index in [9.17, 15) is 83.1 Å². The maximum absolute atomic E-state index is 14.2. The fraction of sp³-hybridized carbons (Fsp3) is 0.736. The van der Waals surface area contributed by atoms with E-state index < -0.39 is 169 Å². The van der Waals surface area contributed by atoms with E-state index in [1.54, 1.807) is 0 Å².